The highest BCUT2D eigenvalue weighted by molar-refractivity contribution is 7.17. The maximum Gasteiger partial charge on any atom is 0.336 e. The lowest BCUT2D eigenvalue weighted by Gasteiger charge is -2.12. The van der Waals surface area contributed by atoms with Gasteiger partial charge in [0.2, 0.25) is 5.91 Å². The van der Waals surface area contributed by atoms with E-state index < -0.39 is 11.2 Å². The van der Waals surface area contributed by atoms with Crippen molar-refractivity contribution in [3.63, 3.8) is 0 Å². The summed E-state index contributed by atoms with van der Waals surface area (Å²) >= 11 is 7.18. The summed E-state index contributed by atoms with van der Waals surface area (Å²) in [5.41, 5.74) is 1.12. The van der Waals surface area contributed by atoms with Crippen molar-refractivity contribution in [1.29, 1.82) is 0 Å². The van der Waals surface area contributed by atoms with Gasteiger partial charge >= 0.3 is 5.69 Å². The van der Waals surface area contributed by atoms with E-state index in [0.717, 1.165) is 17.4 Å². The van der Waals surface area contributed by atoms with Crippen LogP contribution >= 0.6 is 22.9 Å². The molecule has 8 heteroatoms. The molecular weight excluding hydrogens is 434 g/mol. The lowest BCUT2D eigenvalue weighted by molar-refractivity contribution is -0.121. The van der Waals surface area contributed by atoms with Crippen LogP contribution in [-0.4, -0.2) is 21.6 Å². The molecular formula is C23H20ClN3O3S. The van der Waals surface area contributed by atoms with E-state index >= 15 is 0 Å². The average Bonchev–Trinajstić information content (AvgIpc) is 3.27. The largest absolute Gasteiger partial charge is 0.355 e. The minimum absolute atomic E-state index is 0.161. The molecule has 2 aromatic heterocycles. The third-order valence-electron chi connectivity index (χ3n) is 4.95. The fraction of sp³-hybridized carbons (Fsp3) is 0.174. The zero-order valence-electron chi connectivity index (χ0n) is 16.6. The molecule has 0 saturated heterocycles. The van der Waals surface area contributed by atoms with Crippen LogP contribution in [0.3, 0.4) is 0 Å². The van der Waals surface area contributed by atoms with Crippen molar-refractivity contribution in [2.75, 3.05) is 6.54 Å². The van der Waals surface area contributed by atoms with Gasteiger partial charge in [-0.1, -0.05) is 41.9 Å². The highest BCUT2D eigenvalue weighted by Gasteiger charge is 2.17. The molecule has 1 amide bonds. The van der Waals surface area contributed by atoms with Gasteiger partial charge in [0.25, 0.3) is 5.56 Å². The molecule has 0 aliphatic rings. The Morgan fingerprint density at radius 2 is 1.74 bits per heavy atom. The molecule has 0 aliphatic carbocycles. The average molecular weight is 454 g/mol. The van der Waals surface area contributed by atoms with E-state index in [1.54, 1.807) is 35.7 Å². The molecule has 0 radical (unpaired) electrons. The maximum atomic E-state index is 13.2. The van der Waals surface area contributed by atoms with Gasteiger partial charge in [-0.3, -0.25) is 14.2 Å². The van der Waals surface area contributed by atoms with Gasteiger partial charge in [0.1, 0.15) is 11.2 Å². The van der Waals surface area contributed by atoms with Crippen molar-refractivity contribution in [2.45, 2.75) is 19.4 Å². The summed E-state index contributed by atoms with van der Waals surface area (Å²) in [6.45, 7) is 0.345. The number of nitrogens with one attached hydrogen (secondary N) is 1. The smallest absolute Gasteiger partial charge is 0.336 e. The molecule has 0 saturated carbocycles. The molecule has 0 fully saturated rings. The Hall–Kier alpha value is -3.16. The van der Waals surface area contributed by atoms with Crippen molar-refractivity contribution >= 4 is 39.1 Å². The third kappa shape index (κ3) is 4.62. The lowest BCUT2D eigenvalue weighted by atomic mass is 10.1. The first-order valence-corrected chi connectivity index (χ1v) is 11.1. The number of carbonyl (C=O) groups is 1. The summed E-state index contributed by atoms with van der Waals surface area (Å²) in [4.78, 5) is 38.6. The van der Waals surface area contributed by atoms with Gasteiger partial charge in [0, 0.05) is 11.6 Å². The van der Waals surface area contributed by atoms with E-state index in [9.17, 15) is 14.4 Å². The summed E-state index contributed by atoms with van der Waals surface area (Å²) in [5.74, 6) is -0.274. The highest BCUT2D eigenvalue weighted by atomic mass is 35.5. The van der Waals surface area contributed by atoms with Crippen molar-refractivity contribution in [3.05, 3.63) is 97.5 Å². The quantitative estimate of drug-likeness (QED) is 0.434. The zero-order chi connectivity index (χ0) is 21.8. The topological polar surface area (TPSA) is 73.1 Å². The first-order chi connectivity index (χ1) is 15.0. The van der Waals surface area contributed by atoms with Crippen LogP contribution in [0.5, 0.6) is 0 Å². The number of thiophene rings is 1. The predicted octanol–water partition coefficient (Wildman–Crippen LogP) is 3.62. The van der Waals surface area contributed by atoms with Crippen LogP contribution in [0.4, 0.5) is 0 Å². The van der Waals surface area contributed by atoms with Crippen molar-refractivity contribution < 1.29 is 4.79 Å². The number of amides is 1. The minimum Gasteiger partial charge on any atom is -0.355 e. The molecule has 0 spiro atoms. The Labute approximate surface area is 187 Å². The number of aryl methyl sites for hydroxylation is 1. The second-order valence-electron chi connectivity index (χ2n) is 7.06. The summed E-state index contributed by atoms with van der Waals surface area (Å²) in [7, 11) is 0. The summed E-state index contributed by atoms with van der Waals surface area (Å²) < 4.78 is 2.85. The molecule has 2 heterocycles. The Bertz CT molecular complexity index is 1320. The normalized spacial score (nSPS) is 11.0. The number of carbonyl (C=O) groups excluding carboxylic acids is 1. The van der Waals surface area contributed by atoms with Crippen LogP contribution in [0.2, 0.25) is 5.02 Å². The van der Waals surface area contributed by atoms with Crippen LogP contribution in [0.25, 0.3) is 15.9 Å². The number of halogens is 1. The van der Waals surface area contributed by atoms with E-state index in [2.05, 4.69) is 17.4 Å². The van der Waals surface area contributed by atoms with E-state index in [0.29, 0.717) is 27.5 Å². The molecule has 4 aromatic rings. The monoisotopic (exact) mass is 453 g/mol. The van der Waals surface area contributed by atoms with Gasteiger partial charge in [-0.15, -0.1) is 11.3 Å². The molecule has 31 heavy (non-hydrogen) atoms. The number of hydrogen-bond donors (Lipinski definition) is 1. The zero-order valence-corrected chi connectivity index (χ0v) is 18.2. The van der Waals surface area contributed by atoms with E-state index in [1.165, 1.54) is 21.5 Å². The number of nitrogens with zero attached hydrogens (tertiary/aromatic N) is 2. The summed E-state index contributed by atoms with van der Waals surface area (Å²) in [6, 6.07) is 18.2. The molecule has 2 aromatic carbocycles. The van der Waals surface area contributed by atoms with Crippen molar-refractivity contribution in [3.8, 4) is 5.69 Å². The third-order valence-corrected chi connectivity index (χ3v) is 6.09. The molecule has 0 bridgehead atoms. The Morgan fingerprint density at radius 1 is 1.00 bits per heavy atom. The Balaban J connectivity index is 1.55. The summed E-state index contributed by atoms with van der Waals surface area (Å²) in [5, 5.41) is 5.11. The number of benzene rings is 2. The predicted molar refractivity (Wildman–Crippen MR) is 124 cm³/mol. The highest BCUT2D eigenvalue weighted by Crippen LogP contribution is 2.17. The molecule has 0 atom stereocenters. The van der Waals surface area contributed by atoms with Gasteiger partial charge in [-0.05, 0) is 54.1 Å². The van der Waals surface area contributed by atoms with Crippen molar-refractivity contribution in [1.82, 2.24) is 14.5 Å². The molecule has 0 aliphatic heterocycles. The molecule has 158 valence electrons. The van der Waals surface area contributed by atoms with Gasteiger partial charge in [-0.2, -0.15) is 0 Å². The minimum atomic E-state index is -0.558. The van der Waals surface area contributed by atoms with Crippen LogP contribution in [0, 0.1) is 0 Å². The van der Waals surface area contributed by atoms with E-state index in [-0.39, 0.29) is 12.5 Å². The molecule has 1 N–H and O–H groups in total. The van der Waals surface area contributed by atoms with Gasteiger partial charge < -0.3 is 5.32 Å². The summed E-state index contributed by atoms with van der Waals surface area (Å²) in [6.07, 6.45) is 1.65. The standard InChI is InChI=1S/C23H20ClN3O3S/c24-17-8-10-18(11-9-17)27-22(29)21-19(12-14-31-21)26(23(27)30)15-20(28)25-13-4-7-16-5-2-1-3-6-16/h1-3,5-6,8-12,14H,4,7,13,15H2,(H,25,28). The Morgan fingerprint density at radius 3 is 2.48 bits per heavy atom. The van der Waals surface area contributed by atoms with Crippen LogP contribution in [0.1, 0.15) is 12.0 Å². The van der Waals surface area contributed by atoms with E-state index in [1.807, 2.05) is 18.2 Å². The van der Waals surface area contributed by atoms with Gasteiger partial charge in [0.05, 0.1) is 11.2 Å². The number of rotatable bonds is 7. The lowest BCUT2D eigenvalue weighted by Crippen LogP contribution is -2.41. The van der Waals surface area contributed by atoms with Crippen LogP contribution in [-0.2, 0) is 17.8 Å². The van der Waals surface area contributed by atoms with E-state index in [4.69, 9.17) is 11.6 Å². The number of fused-ring (bicyclic) bond motifs is 1. The van der Waals surface area contributed by atoms with Gasteiger partial charge in [0.15, 0.2) is 0 Å². The fourth-order valence-corrected chi connectivity index (χ4v) is 4.37. The molecule has 0 unspecified atom stereocenters. The first kappa shape index (κ1) is 21.1. The van der Waals surface area contributed by atoms with Gasteiger partial charge in [-0.25, -0.2) is 9.36 Å². The van der Waals surface area contributed by atoms with Crippen molar-refractivity contribution in [2.24, 2.45) is 0 Å². The first-order valence-electron chi connectivity index (χ1n) is 9.84. The Kier molecular flexibility index (Phi) is 6.34. The number of aromatic nitrogens is 2. The number of hydrogen-bond acceptors (Lipinski definition) is 4. The maximum absolute atomic E-state index is 13.2. The second-order valence-corrected chi connectivity index (χ2v) is 8.41. The van der Waals surface area contributed by atoms with Crippen LogP contribution < -0.4 is 16.6 Å². The molecule has 6 nitrogen and oxygen atoms in total. The fourth-order valence-electron chi connectivity index (χ4n) is 3.42. The van der Waals surface area contributed by atoms with Crippen LogP contribution in [0.15, 0.2) is 75.6 Å². The SMILES string of the molecule is O=C(Cn1c(=O)n(-c2ccc(Cl)cc2)c(=O)c2sccc21)NCCCc1ccccc1. The second kappa shape index (κ2) is 9.32. The molecule has 4 rings (SSSR count).